The minimum atomic E-state index is -2.84. The van der Waals surface area contributed by atoms with Gasteiger partial charge in [-0.1, -0.05) is 6.92 Å². The molecule has 1 saturated heterocycles. The molecule has 0 spiro atoms. The zero-order chi connectivity index (χ0) is 14.6. The highest BCUT2D eigenvalue weighted by molar-refractivity contribution is 7.91. The lowest BCUT2D eigenvalue weighted by Crippen LogP contribution is -2.17. The van der Waals surface area contributed by atoms with Crippen LogP contribution in [0.5, 0.6) is 0 Å². The van der Waals surface area contributed by atoms with E-state index in [0.717, 1.165) is 13.0 Å². The van der Waals surface area contributed by atoms with Gasteiger partial charge in [0.05, 0.1) is 11.5 Å². The van der Waals surface area contributed by atoms with Gasteiger partial charge in [0, 0.05) is 19.2 Å². The molecule has 0 bridgehead atoms. The van der Waals surface area contributed by atoms with E-state index in [0.29, 0.717) is 24.6 Å². The van der Waals surface area contributed by atoms with Gasteiger partial charge in [-0.25, -0.2) is 8.42 Å². The van der Waals surface area contributed by atoms with Gasteiger partial charge in [0.25, 0.3) is 0 Å². The van der Waals surface area contributed by atoms with Crippen molar-refractivity contribution in [2.24, 2.45) is 5.92 Å². The second-order valence-electron chi connectivity index (χ2n) is 5.07. The van der Waals surface area contributed by atoms with Gasteiger partial charge in [-0.3, -0.25) is 0 Å². The fourth-order valence-corrected chi connectivity index (χ4v) is 4.04. The summed E-state index contributed by atoms with van der Waals surface area (Å²) in [5.41, 5.74) is 5.66. The predicted octanol–water partition coefficient (Wildman–Crippen LogP) is 0.727. The number of nitrogen functional groups attached to an aromatic ring is 1. The molecule has 20 heavy (non-hydrogen) atoms. The molecule has 0 aromatic carbocycles. The zero-order valence-corrected chi connectivity index (χ0v) is 12.4. The Labute approximate surface area is 119 Å². The largest absolute Gasteiger partial charge is 0.370 e. The van der Waals surface area contributed by atoms with Gasteiger partial charge >= 0.3 is 0 Å². The first kappa shape index (κ1) is 14.8. The first-order chi connectivity index (χ1) is 9.48. The molecule has 2 heterocycles. The molecule has 7 nitrogen and oxygen atoms in total. The van der Waals surface area contributed by atoms with Crippen molar-refractivity contribution >= 4 is 27.4 Å². The molecule has 1 aromatic rings. The van der Waals surface area contributed by atoms with Crippen molar-refractivity contribution in [2.45, 2.75) is 19.8 Å². The normalized spacial score (nSPS) is 20.8. The van der Waals surface area contributed by atoms with E-state index < -0.39 is 9.84 Å². The van der Waals surface area contributed by atoms with Gasteiger partial charge in [0.1, 0.15) is 11.6 Å². The number of hydrogen-bond donors (Lipinski definition) is 3. The Morgan fingerprint density at radius 3 is 2.65 bits per heavy atom. The van der Waals surface area contributed by atoms with Crippen molar-refractivity contribution in [1.82, 2.24) is 9.97 Å². The fraction of sp³-hybridized carbons (Fsp3) is 0.667. The number of sulfone groups is 1. The van der Waals surface area contributed by atoms with E-state index in [4.69, 9.17) is 5.73 Å². The second-order valence-corrected chi connectivity index (χ2v) is 7.30. The molecule has 1 fully saturated rings. The predicted molar refractivity (Wildman–Crippen MR) is 80.5 cm³/mol. The molecule has 2 rings (SSSR count). The molecule has 0 aliphatic carbocycles. The summed E-state index contributed by atoms with van der Waals surface area (Å²) in [6.07, 6.45) is 1.70. The third-order valence-electron chi connectivity index (χ3n) is 3.20. The standard InChI is InChI=1S/C12H21N5O2S/c1-2-4-14-10-6-11(17-12(13)16-10)15-7-9-3-5-20(18,19)8-9/h6,9H,2-5,7-8H2,1H3,(H4,13,14,15,16,17). The third kappa shape index (κ3) is 4.22. The van der Waals surface area contributed by atoms with Crippen molar-refractivity contribution in [1.29, 1.82) is 0 Å². The van der Waals surface area contributed by atoms with Gasteiger partial charge in [-0.15, -0.1) is 0 Å². The van der Waals surface area contributed by atoms with E-state index in [1.807, 2.05) is 0 Å². The Morgan fingerprint density at radius 1 is 1.35 bits per heavy atom. The molecule has 112 valence electrons. The summed E-state index contributed by atoms with van der Waals surface area (Å²) < 4.78 is 22.8. The Kier molecular flexibility index (Phi) is 4.64. The van der Waals surface area contributed by atoms with E-state index in [-0.39, 0.29) is 23.4 Å². The van der Waals surface area contributed by atoms with Crippen molar-refractivity contribution in [3.63, 3.8) is 0 Å². The second kappa shape index (κ2) is 6.25. The molecule has 1 atom stereocenters. The summed E-state index contributed by atoms with van der Waals surface area (Å²) in [6.45, 7) is 3.47. The number of nitrogens with two attached hydrogens (primary N) is 1. The van der Waals surface area contributed by atoms with Crippen LogP contribution in [0.15, 0.2) is 6.07 Å². The summed E-state index contributed by atoms with van der Waals surface area (Å²) in [5, 5.41) is 6.30. The maximum atomic E-state index is 11.4. The number of rotatable bonds is 6. The van der Waals surface area contributed by atoms with Gasteiger partial charge in [0.15, 0.2) is 9.84 Å². The van der Waals surface area contributed by atoms with Crippen molar-refractivity contribution in [2.75, 3.05) is 41.0 Å². The quantitative estimate of drug-likeness (QED) is 0.710. The van der Waals surface area contributed by atoms with Crippen LogP contribution in [0.2, 0.25) is 0 Å². The van der Waals surface area contributed by atoms with Gasteiger partial charge in [-0.2, -0.15) is 9.97 Å². The lowest BCUT2D eigenvalue weighted by Gasteiger charge is -2.12. The van der Waals surface area contributed by atoms with E-state index in [1.165, 1.54) is 0 Å². The van der Waals surface area contributed by atoms with Crippen LogP contribution in [0, 0.1) is 5.92 Å². The molecule has 0 radical (unpaired) electrons. The molecular formula is C12H21N5O2S. The Balaban J connectivity index is 1.94. The highest BCUT2D eigenvalue weighted by atomic mass is 32.2. The zero-order valence-electron chi connectivity index (χ0n) is 11.6. The molecule has 0 amide bonds. The summed E-state index contributed by atoms with van der Waals surface area (Å²) in [4.78, 5) is 8.20. The summed E-state index contributed by atoms with van der Waals surface area (Å²) in [7, 11) is -2.84. The molecule has 1 unspecified atom stereocenters. The lowest BCUT2D eigenvalue weighted by molar-refractivity contribution is 0.595. The number of nitrogens with one attached hydrogen (secondary N) is 2. The third-order valence-corrected chi connectivity index (χ3v) is 5.04. The molecular weight excluding hydrogens is 278 g/mol. The van der Waals surface area contributed by atoms with Crippen LogP contribution in [-0.2, 0) is 9.84 Å². The van der Waals surface area contributed by atoms with E-state index >= 15 is 0 Å². The monoisotopic (exact) mass is 299 g/mol. The van der Waals surface area contributed by atoms with E-state index in [1.54, 1.807) is 6.07 Å². The maximum Gasteiger partial charge on any atom is 0.223 e. The van der Waals surface area contributed by atoms with Crippen LogP contribution in [-0.4, -0.2) is 43.0 Å². The molecule has 1 aliphatic heterocycles. The van der Waals surface area contributed by atoms with E-state index in [9.17, 15) is 8.42 Å². The Bertz CT molecular complexity index is 561. The molecule has 8 heteroatoms. The van der Waals surface area contributed by atoms with Crippen molar-refractivity contribution in [3.8, 4) is 0 Å². The maximum absolute atomic E-state index is 11.4. The van der Waals surface area contributed by atoms with Gasteiger partial charge in [0.2, 0.25) is 5.95 Å². The minimum Gasteiger partial charge on any atom is -0.370 e. The summed E-state index contributed by atoms with van der Waals surface area (Å²) in [5.74, 6) is 2.19. The Hall–Kier alpha value is -1.57. The summed E-state index contributed by atoms with van der Waals surface area (Å²) >= 11 is 0. The molecule has 4 N–H and O–H groups in total. The fourth-order valence-electron chi connectivity index (χ4n) is 2.18. The van der Waals surface area contributed by atoms with Crippen LogP contribution < -0.4 is 16.4 Å². The molecule has 0 saturated carbocycles. The number of nitrogens with zero attached hydrogens (tertiary/aromatic N) is 2. The minimum absolute atomic E-state index is 0.142. The first-order valence-corrected chi connectivity index (χ1v) is 8.63. The average Bonchev–Trinajstić information content (AvgIpc) is 2.73. The number of aromatic nitrogens is 2. The van der Waals surface area contributed by atoms with Crippen LogP contribution in [0.4, 0.5) is 17.6 Å². The van der Waals surface area contributed by atoms with Crippen LogP contribution in [0.3, 0.4) is 0 Å². The molecule has 1 aromatic heterocycles. The smallest absolute Gasteiger partial charge is 0.223 e. The highest BCUT2D eigenvalue weighted by Crippen LogP contribution is 2.19. The van der Waals surface area contributed by atoms with Crippen LogP contribution >= 0.6 is 0 Å². The lowest BCUT2D eigenvalue weighted by atomic mass is 10.1. The Morgan fingerprint density at radius 2 is 2.05 bits per heavy atom. The average molecular weight is 299 g/mol. The van der Waals surface area contributed by atoms with Gasteiger partial charge < -0.3 is 16.4 Å². The van der Waals surface area contributed by atoms with Crippen molar-refractivity contribution in [3.05, 3.63) is 6.07 Å². The number of anilines is 3. The van der Waals surface area contributed by atoms with Gasteiger partial charge in [-0.05, 0) is 18.8 Å². The topological polar surface area (TPSA) is 110 Å². The SMILES string of the molecule is CCCNc1cc(NCC2CCS(=O)(=O)C2)nc(N)n1. The highest BCUT2D eigenvalue weighted by Gasteiger charge is 2.27. The van der Waals surface area contributed by atoms with Crippen molar-refractivity contribution < 1.29 is 8.42 Å². The summed E-state index contributed by atoms with van der Waals surface area (Å²) in [6, 6.07) is 1.79. The first-order valence-electron chi connectivity index (χ1n) is 6.81. The van der Waals surface area contributed by atoms with E-state index in [2.05, 4.69) is 27.5 Å². The van der Waals surface area contributed by atoms with Crippen LogP contribution in [0.25, 0.3) is 0 Å². The van der Waals surface area contributed by atoms with Crippen LogP contribution in [0.1, 0.15) is 19.8 Å². The number of hydrogen-bond acceptors (Lipinski definition) is 7. The molecule has 1 aliphatic rings.